The summed E-state index contributed by atoms with van der Waals surface area (Å²) in [5.74, 6) is -0.329. The quantitative estimate of drug-likeness (QED) is 0.698. The van der Waals surface area contributed by atoms with Gasteiger partial charge in [-0.15, -0.1) is 0 Å². The normalized spacial score (nSPS) is 10.9. The molecular weight excluding hydrogens is 256 g/mol. The zero-order chi connectivity index (χ0) is 15.0. The number of aliphatic hydroxyl groups excluding tert-OH is 1. The van der Waals surface area contributed by atoms with Crippen molar-refractivity contribution < 1.29 is 14.7 Å². The molecule has 0 saturated carbocycles. The van der Waals surface area contributed by atoms with Crippen molar-refractivity contribution in [2.75, 3.05) is 13.2 Å². The van der Waals surface area contributed by atoms with Crippen LogP contribution in [0.25, 0.3) is 0 Å². The lowest BCUT2D eigenvalue weighted by molar-refractivity contribution is -0.122. The van der Waals surface area contributed by atoms with Crippen LogP contribution < -0.4 is 10.6 Å². The monoisotopic (exact) mass is 278 g/mol. The van der Waals surface area contributed by atoms with Gasteiger partial charge >= 0.3 is 0 Å². The van der Waals surface area contributed by atoms with Gasteiger partial charge in [-0.2, -0.15) is 0 Å². The average molecular weight is 278 g/mol. The maximum Gasteiger partial charge on any atom is 0.251 e. The van der Waals surface area contributed by atoms with Gasteiger partial charge in [0.1, 0.15) is 0 Å². The topological polar surface area (TPSA) is 78.4 Å². The fourth-order valence-electron chi connectivity index (χ4n) is 1.76. The first-order valence-electron chi connectivity index (χ1n) is 6.70. The molecule has 1 rings (SSSR count). The van der Waals surface area contributed by atoms with Crippen LogP contribution in [-0.2, 0) is 4.79 Å². The Hall–Kier alpha value is -1.88. The molecule has 1 aromatic rings. The molecule has 0 aromatic heterocycles. The van der Waals surface area contributed by atoms with Crippen LogP contribution in [-0.4, -0.2) is 35.6 Å². The number of carbonyl (C=O) groups is 2. The van der Waals surface area contributed by atoms with E-state index < -0.39 is 5.54 Å². The van der Waals surface area contributed by atoms with E-state index in [1.165, 1.54) is 0 Å². The molecule has 0 spiro atoms. The Morgan fingerprint density at radius 3 is 2.45 bits per heavy atom. The summed E-state index contributed by atoms with van der Waals surface area (Å²) in [5, 5.41) is 14.4. The Kier molecular flexibility index (Phi) is 6.18. The second kappa shape index (κ2) is 7.65. The lowest BCUT2D eigenvalue weighted by atomic mass is 10.0. The Balaban J connectivity index is 2.30. The molecular formula is C15H22N2O3. The van der Waals surface area contributed by atoms with Crippen LogP contribution in [0.2, 0.25) is 0 Å². The van der Waals surface area contributed by atoms with Crippen LogP contribution in [0.1, 0.15) is 37.0 Å². The molecule has 3 N–H and O–H groups in total. The van der Waals surface area contributed by atoms with Crippen molar-refractivity contribution in [3.8, 4) is 0 Å². The first-order chi connectivity index (χ1) is 9.44. The summed E-state index contributed by atoms with van der Waals surface area (Å²) in [4.78, 5) is 23.4. The Morgan fingerprint density at radius 1 is 1.20 bits per heavy atom. The van der Waals surface area contributed by atoms with E-state index in [9.17, 15) is 9.59 Å². The molecule has 0 unspecified atom stereocenters. The third-order valence-corrected chi connectivity index (χ3v) is 2.89. The van der Waals surface area contributed by atoms with Gasteiger partial charge in [0.15, 0.2) is 0 Å². The fraction of sp³-hybridized carbons (Fsp3) is 0.467. The highest BCUT2D eigenvalue weighted by molar-refractivity contribution is 5.94. The number of rotatable bonds is 7. The van der Waals surface area contributed by atoms with Gasteiger partial charge in [-0.05, 0) is 32.4 Å². The minimum atomic E-state index is -0.435. The molecule has 5 nitrogen and oxygen atoms in total. The van der Waals surface area contributed by atoms with Crippen LogP contribution in [0.15, 0.2) is 30.3 Å². The van der Waals surface area contributed by atoms with Crippen molar-refractivity contribution in [2.45, 2.75) is 32.2 Å². The van der Waals surface area contributed by atoms with Gasteiger partial charge in [-0.3, -0.25) is 9.59 Å². The molecule has 0 bridgehead atoms. The summed E-state index contributed by atoms with van der Waals surface area (Å²) in [6, 6.07) is 8.87. The molecule has 110 valence electrons. The van der Waals surface area contributed by atoms with E-state index in [0.717, 1.165) is 0 Å². The van der Waals surface area contributed by atoms with Gasteiger partial charge in [0.25, 0.3) is 5.91 Å². The van der Waals surface area contributed by atoms with Crippen LogP contribution >= 0.6 is 0 Å². The summed E-state index contributed by atoms with van der Waals surface area (Å²) in [7, 11) is 0. The Morgan fingerprint density at radius 2 is 1.85 bits per heavy atom. The van der Waals surface area contributed by atoms with Gasteiger partial charge in [-0.25, -0.2) is 0 Å². The summed E-state index contributed by atoms with van der Waals surface area (Å²) in [6.07, 6.45) is 0.711. The molecule has 0 fully saturated rings. The Labute approximate surface area is 119 Å². The minimum absolute atomic E-state index is 0.0258. The second-order valence-corrected chi connectivity index (χ2v) is 5.28. The highest BCUT2D eigenvalue weighted by Crippen LogP contribution is 2.07. The molecule has 2 amide bonds. The lowest BCUT2D eigenvalue weighted by Gasteiger charge is -2.25. The molecule has 1 aromatic carbocycles. The van der Waals surface area contributed by atoms with Crippen molar-refractivity contribution in [3.05, 3.63) is 35.9 Å². The summed E-state index contributed by atoms with van der Waals surface area (Å²) >= 11 is 0. The molecule has 0 radical (unpaired) electrons. The molecule has 0 heterocycles. The van der Waals surface area contributed by atoms with E-state index in [2.05, 4.69) is 10.6 Å². The molecule has 0 saturated heterocycles. The average Bonchev–Trinajstić information content (AvgIpc) is 2.38. The number of hydrogen-bond donors (Lipinski definition) is 3. The zero-order valence-electron chi connectivity index (χ0n) is 12.0. The highest BCUT2D eigenvalue weighted by atomic mass is 16.3. The highest BCUT2D eigenvalue weighted by Gasteiger charge is 2.19. The van der Waals surface area contributed by atoms with Gasteiger partial charge in [0.2, 0.25) is 5.91 Å². The number of benzene rings is 1. The first kappa shape index (κ1) is 16.2. The fourth-order valence-corrected chi connectivity index (χ4v) is 1.76. The Bertz CT molecular complexity index is 444. The molecule has 0 atom stereocenters. The van der Waals surface area contributed by atoms with E-state index in [1.807, 2.05) is 19.9 Å². The van der Waals surface area contributed by atoms with Crippen LogP contribution in [0, 0.1) is 0 Å². The SMILES string of the molecule is CC(C)(CCO)NC(=O)CCNC(=O)c1ccccc1. The molecule has 0 aliphatic heterocycles. The van der Waals surface area contributed by atoms with Crippen molar-refractivity contribution in [2.24, 2.45) is 0 Å². The van der Waals surface area contributed by atoms with Crippen molar-refractivity contribution in [1.29, 1.82) is 0 Å². The standard InChI is InChI=1S/C15H22N2O3/c1-15(2,9-11-18)17-13(19)8-10-16-14(20)12-6-4-3-5-7-12/h3-7,18H,8-11H2,1-2H3,(H,16,20)(H,17,19). The second-order valence-electron chi connectivity index (χ2n) is 5.28. The number of aliphatic hydroxyl groups is 1. The van der Waals surface area contributed by atoms with Gasteiger partial charge in [-0.1, -0.05) is 18.2 Å². The number of nitrogens with one attached hydrogen (secondary N) is 2. The summed E-state index contributed by atoms with van der Waals surface area (Å²) in [6.45, 7) is 4.01. The zero-order valence-corrected chi connectivity index (χ0v) is 12.0. The first-order valence-corrected chi connectivity index (χ1v) is 6.70. The van der Waals surface area contributed by atoms with E-state index >= 15 is 0 Å². The maximum absolute atomic E-state index is 11.7. The molecule has 20 heavy (non-hydrogen) atoms. The van der Waals surface area contributed by atoms with Crippen LogP contribution in [0.3, 0.4) is 0 Å². The van der Waals surface area contributed by atoms with Crippen molar-refractivity contribution in [1.82, 2.24) is 10.6 Å². The molecule has 0 aliphatic carbocycles. The van der Waals surface area contributed by atoms with Crippen molar-refractivity contribution in [3.63, 3.8) is 0 Å². The smallest absolute Gasteiger partial charge is 0.251 e. The van der Waals surface area contributed by atoms with E-state index in [4.69, 9.17) is 5.11 Å². The van der Waals surface area contributed by atoms with Gasteiger partial charge < -0.3 is 15.7 Å². The van der Waals surface area contributed by atoms with Gasteiger partial charge in [0, 0.05) is 30.7 Å². The van der Waals surface area contributed by atoms with Gasteiger partial charge in [0.05, 0.1) is 0 Å². The molecule has 0 aliphatic rings. The lowest BCUT2D eigenvalue weighted by Crippen LogP contribution is -2.45. The minimum Gasteiger partial charge on any atom is -0.396 e. The number of carbonyl (C=O) groups excluding carboxylic acids is 2. The third-order valence-electron chi connectivity index (χ3n) is 2.89. The number of amides is 2. The van der Waals surface area contributed by atoms with Crippen LogP contribution in [0.4, 0.5) is 0 Å². The van der Waals surface area contributed by atoms with Crippen molar-refractivity contribution >= 4 is 11.8 Å². The maximum atomic E-state index is 11.7. The third kappa shape index (κ3) is 5.84. The van der Waals surface area contributed by atoms with E-state index in [1.54, 1.807) is 24.3 Å². The predicted octanol–water partition coefficient (Wildman–Crippen LogP) is 1.08. The van der Waals surface area contributed by atoms with E-state index in [-0.39, 0.29) is 31.4 Å². The number of hydrogen-bond acceptors (Lipinski definition) is 3. The predicted molar refractivity (Wildman–Crippen MR) is 77.3 cm³/mol. The molecule has 5 heteroatoms. The largest absolute Gasteiger partial charge is 0.396 e. The summed E-state index contributed by atoms with van der Waals surface area (Å²) in [5.41, 5.74) is 0.142. The van der Waals surface area contributed by atoms with E-state index in [0.29, 0.717) is 12.0 Å². The summed E-state index contributed by atoms with van der Waals surface area (Å²) < 4.78 is 0. The van der Waals surface area contributed by atoms with Crippen LogP contribution in [0.5, 0.6) is 0 Å².